The van der Waals surface area contributed by atoms with Gasteiger partial charge in [0.1, 0.15) is 0 Å². The van der Waals surface area contributed by atoms with Gasteiger partial charge in [0.25, 0.3) is 0 Å². The molecule has 0 unspecified atom stereocenters. The normalized spacial score (nSPS) is 10.4. The van der Waals surface area contributed by atoms with E-state index in [-0.39, 0.29) is 0 Å². The summed E-state index contributed by atoms with van der Waals surface area (Å²) in [7, 11) is 4.20. The molecule has 0 aromatic rings. The molecule has 3 nitrogen and oxygen atoms in total. The van der Waals surface area contributed by atoms with Crippen molar-refractivity contribution in [2.45, 2.75) is 46.5 Å². The molecule has 0 heterocycles. The van der Waals surface area contributed by atoms with E-state index in [0.29, 0.717) is 0 Å². The second kappa shape index (κ2) is 13.9. The maximum absolute atomic E-state index is 5.14. The van der Waals surface area contributed by atoms with Gasteiger partial charge in [-0.25, -0.2) is 10.0 Å². The number of unbranched alkanes of at least 4 members (excludes halogenated alkanes) is 1. The van der Waals surface area contributed by atoms with E-state index in [1.54, 1.807) is 0 Å². The first-order valence-corrected chi connectivity index (χ1v) is 6.26. The minimum Gasteiger partial charge on any atom is -0.330 e. The van der Waals surface area contributed by atoms with Crippen molar-refractivity contribution >= 4 is 0 Å². The Bertz CT molecular complexity index is 97.0. The molecule has 0 rings (SSSR count). The van der Waals surface area contributed by atoms with Crippen LogP contribution in [0.5, 0.6) is 0 Å². The quantitative estimate of drug-likeness (QED) is 0.664. The van der Waals surface area contributed by atoms with Crippen molar-refractivity contribution in [3.63, 3.8) is 0 Å². The molecule has 0 fully saturated rings. The van der Waals surface area contributed by atoms with E-state index in [2.05, 4.69) is 44.9 Å². The Balaban J connectivity index is 0. The molecule has 0 aliphatic carbocycles. The van der Waals surface area contributed by atoms with Crippen LogP contribution in [0.2, 0.25) is 0 Å². The third-order valence-corrected chi connectivity index (χ3v) is 2.09. The maximum atomic E-state index is 5.14. The van der Waals surface area contributed by atoms with Gasteiger partial charge in [-0.1, -0.05) is 27.2 Å². The summed E-state index contributed by atoms with van der Waals surface area (Å²) >= 11 is 0. The predicted molar refractivity (Wildman–Crippen MR) is 69.8 cm³/mol. The highest BCUT2D eigenvalue weighted by Crippen LogP contribution is 1.94. The zero-order valence-electron chi connectivity index (χ0n) is 11.4. The lowest BCUT2D eigenvalue weighted by Gasteiger charge is -2.27. The van der Waals surface area contributed by atoms with Crippen molar-refractivity contribution in [2.75, 3.05) is 33.7 Å². The van der Waals surface area contributed by atoms with Crippen molar-refractivity contribution in [1.82, 2.24) is 10.0 Å². The van der Waals surface area contributed by atoms with Crippen LogP contribution in [0, 0.1) is 0 Å². The fraction of sp³-hybridized carbons (Fsp3) is 1.00. The van der Waals surface area contributed by atoms with Gasteiger partial charge >= 0.3 is 0 Å². The van der Waals surface area contributed by atoms with Crippen LogP contribution in [0.25, 0.3) is 0 Å². The molecule has 0 aromatic carbocycles. The minimum atomic E-state index is 0.844. The first-order valence-electron chi connectivity index (χ1n) is 6.26. The van der Waals surface area contributed by atoms with Crippen LogP contribution in [-0.4, -0.2) is 43.7 Å². The fourth-order valence-corrected chi connectivity index (χ4v) is 1.23. The molecule has 0 aliphatic rings. The smallest absolute Gasteiger partial charge is 0.0130 e. The van der Waals surface area contributed by atoms with Crippen molar-refractivity contribution in [2.24, 2.45) is 5.73 Å². The van der Waals surface area contributed by atoms with Crippen molar-refractivity contribution in [3.05, 3.63) is 0 Å². The van der Waals surface area contributed by atoms with Crippen molar-refractivity contribution < 1.29 is 0 Å². The molecular weight excluding hydrogens is 186 g/mol. The molecule has 0 aliphatic heterocycles. The Hall–Kier alpha value is -0.120. The van der Waals surface area contributed by atoms with Crippen LogP contribution in [0.15, 0.2) is 0 Å². The van der Waals surface area contributed by atoms with Gasteiger partial charge in [-0.15, -0.1) is 0 Å². The fourth-order valence-electron chi connectivity index (χ4n) is 1.23. The maximum Gasteiger partial charge on any atom is 0.0130 e. The summed E-state index contributed by atoms with van der Waals surface area (Å²) in [4.78, 5) is 0. The van der Waals surface area contributed by atoms with Gasteiger partial charge in [0.05, 0.1) is 0 Å². The van der Waals surface area contributed by atoms with E-state index < -0.39 is 0 Å². The van der Waals surface area contributed by atoms with E-state index in [9.17, 15) is 0 Å². The van der Waals surface area contributed by atoms with E-state index in [1.807, 2.05) is 0 Å². The molecule has 3 heteroatoms. The predicted octanol–water partition coefficient (Wildman–Crippen LogP) is 2.33. The summed E-state index contributed by atoms with van der Waals surface area (Å²) in [5, 5.41) is 4.53. The Kier molecular flexibility index (Phi) is 16.0. The van der Waals surface area contributed by atoms with Crippen molar-refractivity contribution in [1.29, 1.82) is 0 Å². The average molecular weight is 217 g/mol. The Morgan fingerprint density at radius 3 is 1.47 bits per heavy atom. The second-order valence-electron chi connectivity index (χ2n) is 3.94. The Morgan fingerprint density at radius 1 is 0.867 bits per heavy atom. The number of nitrogens with zero attached hydrogens (tertiary/aromatic N) is 2. The molecule has 0 radical (unpaired) electrons. The highest BCUT2D eigenvalue weighted by molar-refractivity contribution is 4.47. The average Bonchev–Trinajstić information content (AvgIpc) is 2.19. The molecule has 0 atom stereocenters. The van der Waals surface area contributed by atoms with Gasteiger partial charge in [-0.05, 0) is 25.8 Å². The Labute approximate surface area is 96.6 Å². The van der Waals surface area contributed by atoms with E-state index >= 15 is 0 Å². The summed E-state index contributed by atoms with van der Waals surface area (Å²) in [5.41, 5.74) is 5.14. The van der Waals surface area contributed by atoms with Crippen LogP contribution >= 0.6 is 0 Å². The van der Waals surface area contributed by atoms with Crippen LogP contribution < -0.4 is 5.73 Å². The lowest BCUT2D eigenvalue weighted by atomic mass is 10.3. The number of hydrogen-bond acceptors (Lipinski definition) is 3. The first kappa shape index (κ1) is 17.3. The second-order valence-corrected chi connectivity index (χ2v) is 3.94. The van der Waals surface area contributed by atoms with Gasteiger partial charge in [0, 0.05) is 27.2 Å². The number of rotatable bonds is 7. The van der Waals surface area contributed by atoms with E-state index in [4.69, 9.17) is 5.73 Å². The van der Waals surface area contributed by atoms with Crippen LogP contribution in [0.4, 0.5) is 0 Å². The molecular formula is C12H31N3. The van der Waals surface area contributed by atoms with Gasteiger partial charge in [0.2, 0.25) is 0 Å². The highest BCUT2D eigenvalue weighted by Gasteiger charge is 2.02. The SMILES string of the molecule is CCCCN.CCCN(CCC)N(C)C. The largest absolute Gasteiger partial charge is 0.330 e. The molecule has 15 heavy (non-hydrogen) atoms. The monoisotopic (exact) mass is 217 g/mol. The molecule has 0 spiro atoms. The lowest BCUT2D eigenvalue weighted by molar-refractivity contribution is 0.0254. The standard InChI is InChI=1S/C8H20N2.C4H11N/c1-5-7-10(8-6-2)9(3)4;1-2-3-4-5/h5-8H2,1-4H3;2-5H2,1H3. The summed E-state index contributed by atoms with van der Waals surface area (Å²) in [6.45, 7) is 9.77. The van der Waals surface area contributed by atoms with Crippen molar-refractivity contribution in [3.8, 4) is 0 Å². The Morgan fingerprint density at radius 2 is 1.33 bits per heavy atom. The van der Waals surface area contributed by atoms with Crippen LogP contribution in [-0.2, 0) is 0 Å². The lowest BCUT2D eigenvalue weighted by Crippen LogP contribution is -2.37. The molecule has 2 N–H and O–H groups in total. The van der Waals surface area contributed by atoms with Gasteiger partial charge in [-0.3, -0.25) is 0 Å². The third kappa shape index (κ3) is 13.9. The van der Waals surface area contributed by atoms with E-state index in [0.717, 1.165) is 6.54 Å². The zero-order chi connectivity index (χ0) is 12.1. The topological polar surface area (TPSA) is 32.5 Å². The summed E-state index contributed by atoms with van der Waals surface area (Å²) < 4.78 is 0. The first-order chi connectivity index (χ1) is 7.13. The number of nitrogens with two attached hydrogens (primary N) is 1. The number of hydrazine groups is 1. The summed E-state index contributed by atoms with van der Waals surface area (Å²) in [6, 6.07) is 0. The van der Waals surface area contributed by atoms with Gasteiger partial charge < -0.3 is 5.73 Å². The molecule has 0 amide bonds. The summed E-state index contributed by atoms with van der Waals surface area (Å²) in [5.74, 6) is 0. The third-order valence-electron chi connectivity index (χ3n) is 2.09. The molecule has 94 valence electrons. The summed E-state index contributed by atoms with van der Waals surface area (Å²) in [6.07, 6.45) is 4.85. The molecule has 0 aromatic heterocycles. The minimum absolute atomic E-state index is 0.844. The molecule has 0 saturated heterocycles. The van der Waals surface area contributed by atoms with E-state index in [1.165, 1.54) is 38.8 Å². The van der Waals surface area contributed by atoms with Crippen LogP contribution in [0.1, 0.15) is 46.5 Å². The molecule has 0 saturated carbocycles. The zero-order valence-corrected chi connectivity index (χ0v) is 11.4. The highest BCUT2D eigenvalue weighted by atomic mass is 15.6. The number of hydrogen-bond donors (Lipinski definition) is 1. The van der Waals surface area contributed by atoms with Gasteiger partial charge in [-0.2, -0.15) is 0 Å². The molecule has 0 bridgehead atoms. The van der Waals surface area contributed by atoms with Gasteiger partial charge in [0.15, 0.2) is 0 Å². The van der Waals surface area contributed by atoms with Crippen LogP contribution in [0.3, 0.4) is 0 Å².